The van der Waals surface area contributed by atoms with E-state index in [1.165, 1.54) is 12.1 Å². The lowest BCUT2D eigenvalue weighted by atomic mass is 10.1. The summed E-state index contributed by atoms with van der Waals surface area (Å²) in [4.78, 5) is 0. The number of nitrogens with zero attached hydrogens (tertiary/aromatic N) is 3. The molecule has 0 aliphatic heterocycles. The number of fused-ring (bicyclic) bond motifs is 1. The normalized spacial score (nSPS) is 12.0. The predicted molar refractivity (Wildman–Crippen MR) is 68.2 cm³/mol. The Labute approximate surface area is 112 Å². The molecule has 0 fully saturated rings. The third-order valence-corrected chi connectivity index (χ3v) is 3.04. The highest BCUT2D eigenvalue weighted by molar-refractivity contribution is 5.64. The largest absolute Gasteiger partial charge is 0.417 e. The van der Waals surface area contributed by atoms with E-state index in [1.54, 1.807) is 28.8 Å². The number of benzene rings is 1. The van der Waals surface area contributed by atoms with E-state index in [2.05, 4.69) is 10.2 Å². The lowest BCUT2D eigenvalue weighted by molar-refractivity contribution is -0.137. The summed E-state index contributed by atoms with van der Waals surface area (Å²) in [6.07, 6.45) is -2.75. The van der Waals surface area contributed by atoms with Crippen LogP contribution < -0.4 is 0 Å². The summed E-state index contributed by atoms with van der Waals surface area (Å²) in [7, 11) is 0. The van der Waals surface area contributed by atoms with Crippen LogP contribution in [0.15, 0.2) is 42.6 Å². The maximum Gasteiger partial charge on any atom is 0.417 e. The van der Waals surface area contributed by atoms with Crippen molar-refractivity contribution in [2.75, 3.05) is 0 Å². The van der Waals surface area contributed by atoms with E-state index < -0.39 is 11.7 Å². The molecule has 0 spiro atoms. The van der Waals surface area contributed by atoms with Gasteiger partial charge in [0.05, 0.1) is 5.56 Å². The van der Waals surface area contributed by atoms with Crippen LogP contribution in [-0.2, 0) is 6.18 Å². The zero-order chi connectivity index (χ0) is 14.3. The Morgan fingerprint density at radius 2 is 1.80 bits per heavy atom. The van der Waals surface area contributed by atoms with Crippen LogP contribution in [0.25, 0.3) is 17.0 Å². The summed E-state index contributed by atoms with van der Waals surface area (Å²) >= 11 is 0. The Morgan fingerprint density at radius 3 is 2.55 bits per heavy atom. The van der Waals surface area contributed by atoms with Crippen molar-refractivity contribution in [3.63, 3.8) is 0 Å². The van der Waals surface area contributed by atoms with Gasteiger partial charge in [-0.05, 0) is 30.7 Å². The van der Waals surface area contributed by atoms with Gasteiger partial charge < -0.3 is 0 Å². The summed E-state index contributed by atoms with van der Waals surface area (Å²) in [6, 6.07) is 8.94. The molecule has 0 aliphatic rings. The van der Waals surface area contributed by atoms with E-state index in [4.69, 9.17) is 0 Å². The van der Waals surface area contributed by atoms with Crippen LogP contribution in [0.1, 0.15) is 11.1 Å². The Bertz CT molecular complexity index is 775. The van der Waals surface area contributed by atoms with Crippen molar-refractivity contribution < 1.29 is 13.2 Å². The highest BCUT2D eigenvalue weighted by Crippen LogP contribution is 2.36. The second-order valence-corrected chi connectivity index (χ2v) is 4.50. The lowest BCUT2D eigenvalue weighted by Gasteiger charge is -2.11. The number of aryl methyl sites for hydroxylation is 1. The first kappa shape index (κ1) is 12.7. The van der Waals surface area contributed by atoms with E-state index >= 15 is 0 Å². The van der Waals surface area contributed by atoms with E-state index in [0.29, 0.717) is 5.65 Å². The molecule has 0 N–H and O–H groups in total. The molecule has 0 saturated heterocycles. The zero-order valence-corrected chi connectivity index (χ0v) is 10.5. The molecule has 0 radical (unpaired) electrons. The number of rotatable bonds is 1. The second-order valence-electron chi connectivity index (χ2n) is 4.50. The molecule has 1 aromatic carbocycles. The molecule has 0 atom stereocenters. The van der Waals surface area contributed by atoms with Gasteiger partial charge in [-0.1, -0.05) is 18.2 Å². The Balaban J connectivity index is 2.27. The van der Waals surface area contributed by atoms with Gasteiger partial charge in [-0.2, -0.15) is 13.2 Å². The topological polar surface area (TPSA) is 30.2 Å². The number of hydrogen-bond acceptors (Lipinski definition) is 2. The number of alkyl halides is 3. The Hall–Kier alpha value is -2.37. The van der Waals surface area contributed by atoms with Crippen molar-refractivity contribution in [1.29, 1.82) is 0 Å². The Kier molecular flexibility index (Phi) is 2.74. The highest BCUT2D eigenvalue weighted by atomic mass is 19.4. The van der Waals surface area contributed by atoms with Crippen LogP contribution in [0, 0.1) is 6.92 Å². The van der Waals surface area contributed by atoms with Gasteiger partial charge in [0, 0.05) is 11.8 Å². The number of hydrogen-bond donors (Lipinski definition) is 0. The minimum absolute atomic E-state index is 0.0244. The third-order valence-electron chi connectivity index (χ3n) is 3.04. The van der Waals surface area contributed by atoms with Crippen molar-refractivity contribution in [2.45, 2.75) is 13.1 Å². The van der Waals surface area contributed by atoms with Crippen molar-refractivity contribution in [2.24, 2.45) is 0 Å². The third kappa shape index (κ3) is 2.03. The first-order chi connectivity index (χ1) is 9.47. The fourth-order valence-corrected chi connectivity index (χ4v) is 2.10. The Morgan fingerprint density at radius 1 is 1.05 bits per heavy atom. The number of pyridine rings is 1. The maximum atomic E-state index is 13.0. The number of aromatic nitrogens is 3. The van der Waals surface area contributed by atoms with Crippen molar-refractivity contribution >= 4 is 5.65 Å². The average molecular weight is 277 g/mol. The monoisotopic (exact) mass is 277 g/mol. The fourth-order valence-electron chi connectivity index (χ4n) is 2.10. The van der Waals surface area contributed by atoms with Gasteiger partial charge in [-0.25, -0.2) is 0 Å². The molecule has 0 aliphatic carbocycles. The van der Waals surface area contributed by atoms with Crippen molar-refractivity contribution in [3.05, 3.63) is 53.7 Å². The van der Waals surface area contributed by atoms with Crippen LogP contribution in [0.5, 0.6) is 0 Å². The molecule has 102 valence electrons. The SMILES string of the molecule is Cc1ccn2c(-c3ccccc3C(F)(F)F)nnc2c1. The van der Waals surface area contributed by atoms with Crippen LogP contribution >= 0.6 is 0 Å². The van der Waals surface area contributed by atoms with Gasteiger partial charge >= 0.3 is 6.18 Å². The van der Waals surface area contributed by atoms with Crippen molar-refractivity contribution in [3.8, 4) is 11.4 Å². The lowest BCUT2D eigenvalue weighted by Crippen LogP contribution is -2.08. The average Bonchev–Trinajstić information content (AvgIpc) is 2.80. The van der Waals surface area contributed by atoms with Crippen LogP contribution in [0.4, 0.5) is 13.2 Å². The molecule has 3 rings (SSSR count). The molecule has 2 heterocycles. The van der Waals surface area contributed by atoms with E-state index in [1.807, 2.05) is 6.92 Å². The van der Waals surface area contributed by atoms with E-state index in [9.17, 15) is 13.2 Å². The quantitative estimate of drug-likeness (QED) is 0.678. The standard InChI is InChI=1S/C14H10F3N3/c1-9-6-7-20-12(8-9)18-19-13(20)10-4-2-3-5-11(10)14(15,16)17/h2-8H,1H3. The van der Waals surface area contributed by atoms with Gasteiger partial charge in [-0.15, -0.1) is 10.2 Å². The molecule has 3 aromatic rings. The first-order valence-corrected chi connectivity index (χ1v) is 5.95. The summed E-state index contributed by atoms with van der Waals surface area (Å²) in [5.74, 6) is 0.188. The van der Waals surface area contributed by atoms with Gasteiger partial charge in [-0.3, -0.25) is 4.40 Å². The summed E-state index contributed by atoms with van der Waals surface area (Å²) in [5.41, 5.74) is 0.809. The molecular formula is C14H10F3N3. The molecular weight excluding hydrogens is 267 g/mol. The highest BCUT2D eigenvalue weighted by Gasteiger charge is 2.34. The van der Waals surface area contributed by atoms with Crippen molar-refractivity contribution in [1.82, 2.24) is 14.6 Å². The van der Waals surface area contributed by atoms with E-state index in [-0.39, 0.29) is 11.4 Å². The van der Waals surface area contributed by atoms with Gasteiger partial charge in [0.2, 0.25) is 0 Å². The molecule has 0 saturated carbocycles. The maximum absolute atomic E-state index is 13.0. The molecule has 3 nitrogen and oxygen atoms in total. The fraction of sp³-hybridized carbons (Fsp3) is 0.143. The smallest absolute Gasteiger partial charge is 0.282 e. The first-order valence-electron chi connectivity index (χ1n) is 5.95. The summed E-state index contributed by atoms with van der Waals surface area (Å²) < 4.78 is 40.7. The van der Waals surface area contributed by atoms with Gasteiger partial charge in [0.15, 0.2) is 11.5 Å². The molecule has 0 unspecified atom stereocenters. The molecule has 0 amide bonds. The molecule has 2 aromatic heterocycles. The van der Waals surface area contributed by atoms with Crippen LogP contribution in [0.3, 0.4) is 0 Å². The zero-order valence-electron chi connectivity index (χ0n) is 10.5. The summed E-state index contributed by atoms with van der Waals surface area (Å²) in [6.45, 7) is 1.89. The predicted octanol–water partition coefficient (Wildman–Crippen LogP) is 3.72. The minimum Gasteiger partial charge on any atom is -0.282 e. The summed E-state index contributed by atoms with van der Waals surface area (Å²) in [5, 5.41) is 7.82. The van der Waals surface area contributed by atoms with E-state index in [0.717, 1.165) is 11.6 Å². The van der Waals surface area contributed by atoms with Gasteiger partial charge in [0.25, 0.3) is 0 Å². The molecule has 0 bridgehead atoms. The molecule has 6 heteroatoms. The number of halogens is 3. The van der Waals surface area contributed by atoms with Crippen LogP contribution in [-0.4, -0.2) is 14.6 Å². The van der Waals surface area contributed by atoms with Gasteiger partial charge in [0.1, 0.15) is 0 Å². The second kappa shape index (κ2) is 4.33. The minimum atomic E-state index is -4.42. The molecule has 20 heavy (non-hydrogen) atoms. The van der Waals surface area contributed by atoms with Crippen LogP contribution in [0.2, 0.25) is 0 Å².